The number of halogens is 1. The maximum atomic E-state index is 6.16. The van der Waals surface area contributed by atoms with E-state index < -0.39 is 0 Å². The van der Waals surface area contributed by atoms with Gasteiger partial charge in [-0.3, -0.25) is 0 Å². The molecular formula is C19H23ClN6O2S. The predicted octanol–water partition coefficient (Wildman–Crippen LogP) is 3.18. The smallest absolute Gasteiger partial charge is 0.223 e. The standard InChI is InChI=1S/C19H23ClN6O2S/c1-27-15-9-12-13(10-16(15)28-8-4-7-26-5-2-3-6-26)22-18(20)23-14(12)11-17-24-25-19(21)29-17/h9-10H,2-8,11H2,1H3,(H2,21,25). The Balaban J connectivity index is 1.54. The Morgan fingerprint density at radius 1 is 1.17 bits per heavy atom. The SMILES string of the molecule is COc1cc2c(Cc3nnc(N)s3)nc(Cl)nc2cc1OCCCN1CCCC1. The average molecular weight is 435 g/mol. The minimum atomic E-state index is 0.176. The first-order chi connectivity index (χ1) is 14.1. The molecule has 1 fully saturated rings. The third-order valence-electron chi connectivity index (χ3n) is 4.91. The first-order valence-corrected chi connectivity index (χ1v) is 10.8. The molecule has 2 aromatic heterocycles. The van der Waals surface area contributed by atoms with Crippen molar-refractivity contribution in [1.82, 2.24) is 25.1 Å². The Labute approximate surface area is 178 Å². The van der Waals surface area contributed by atoms with Gasteiger partial charge in [-0.05, 0) is 50.0 Å². The largest absolute Gasteiger partial charge is 0.493 e. The molecule has 154 valence electrons. The maximum Gasteiger partial charge on any atom is 0.223 e. The average Bonchev–Trinajstić information content (AvgIpc) is 3.36. The van der Waals surface area contributed by atoms with Crippen LogP contribution in [0.15, 0.2) is 12.1 Å². The van der Waals surface area contributed by atoms with Crippen molar-refractivity contribution in [3.8, 4) is 11.5 Å². The molecule has 0 aliphatic carbocycles. The number of ether oxygens (including phenoxy) is 2. The van der Waals surface area contributed by atoms with Gasteiger partial charge in [0, 0.05) is 24.4 Å². The van der Waals surface area contributed by atoms with Gasteiger partial charge in [-0.25, -0.2) is 9.97 Å². The predicted molar refractivity (Wildman–Crippen MR) is 114 cm³/mol. The maximum absolute atomic E-state index is 6.16. The highest BCUT2D eigenvalue weighted by Gasteiger charge is 2.16. The summed E-state index contributed by atoms with van der Waals surface area (Å²) in [5, 5.41) is 10.1. The van der Waals surface area contributed by atoms with E-state index in [4.69, 9.17) is 26.8 Å². The molecule has 0 bridgehead atoms. The van der Waals surface area contributed by atoms with Gasteiger partial charge in [0.15, 0.2) is 11.5 Å². The molecule has 0 amide bonds. The molecule has 10 heteroatoms. The van der Waals surface area contributed by atoms with Gasteiger partial charge in [-0.2, -0.15) is 0 Å². The third-order valence-corrected chi connectivity index (χ3v) is 5.83. The van der Waals surface area contributed by atoms with E-state index in [0.29, 0.717) is 35.2 Å². The molecule has 3 aromatic rings. The lowest BCUT2D eigenvalue weighted by molar-refractivity contribution is 0.254. The highest BCUT2D eigenvalue weighted by atomic mass is 35.5. The van der Waals surface area contributed by atoms with Crippen molar-refractivity contribution < 1.29 is 9.47 Å². The normalized spacial score (nSPS) is 14.6. The molecule has 8 nitrogen and oxygen atoms in total. The lowest BCUT2D eigenvalue weighted by atomic mass is 10.1. The molecule has 1 aliphatic rings. The molecule has 1 saturated heterocycles. The van der Waals surface area contributed by atoms with Crippen LogP contribution in [0.5, 0.6) is 11.5 Å². The molecule has 0 radical (unpaired) electrons. The summed E-state index contributed by atoms with van der Waals surface area (Å²) in [4.78, 5) is 11.2. The number of likely N-dealkylation sites (tertiary alicyclic amines) is 1. The molecule has 4 rings (SSSR count). The van der Waals surface area contributed by atoms with Gasteiger partial charge in [0.25, 0.3) is 0 Å². The van der Waals surface area contributed by atoms with Crippen molar-refractivity contribution in [2.24, 2.45) is 0 Å². The van der Waals surface area contributed by atoms with Crippen LogP contribution in [-0.2, 0) is 6.42 Å². The zero-order valence-corrected chi connectivity index (χ0v) is 17.8. The second kappa shape index (κ2) is 9.06. The molecule has 0 spiro atoms. The zero-order chi connectivity index (χ0) is 20.2. The minimum absolute atomic E-state index is 0.176. The fourth-order valence-electron chi connectivity index (χ4n) is 3.53. The lowest BCUT2D eigenvalue weighted by Gasteiger charge is -2.16. The number of aromatic nitrogens is 4. The highest BCUT2D eigenvalue weighted by molar-refractivity contribution is 7.15. The van der Waals surface area contributed by atoms with Crippen LogP contribution in [0, 0.1) is 0 Å². The molecule has 0 atom stereocenters. The van der Waals surface area contributed by atoms with Crippen molar-refractivity contribution in [1.29, 1.82) is 0 Å². The number of hydrogen-bond acceptors (Lipinski definition) is 9. The molecule has 0 saturated carbocycles. The first kappa shape index (κ1) is 20.1. The van der Waals surface area contributed by atoms with Gasteiger partial charge in [-0.1, -0.05) is 11.3 Å². The van der Waals surface area contributed by atoms with Crippen LogP contribution in [0.25, 0.3) is 10.9 Å². The molecule has 1 aromatic carbocycles. The third kappa shape index (κ3) is 4.85. The van der Waals surface area contributed by atoms with E-state index in [0.717, 1.165) is 29.1 Å². The summed E-state index contributed by atoms with van der Waals surface area (Å²) >= 11 is 7.49. The Bertz CT molecular complexity index is 992. The van der Waals surface area contributed by atoms with E-state index in [9.17, 15) is 0 Å². The van der Waals surface area contributed by atoms with Crippen molar-refractivity contribution in [2.75, 3.05) is 39.1 Å². The number of nitrogen functional groups attached to an aromatic ring is 1. The van der Waals surface area contributed by atoms with E-state index in [1.54, 1.807) is 7.11 Å². The second-order valence-corrected chi connectivity index (χ2v) is 8.35. The van der Waals surface area contributed by atoms with Gasteiger partial charge >= 0.3 is 0 Å². The quantitative estimate of drug-likeness (QED) is 0.426. The van der Waals surface area contributed by atoms with E-state index in [1.807, 2.05) is 12.1 Å². The van der Waals surface area contributed by atoms with Gasteiger partial charge in [0.1, 0.15) is 5.01 Å². The van der Waals surface area contributed by atoms with E-state index in [-0.39, 0.29) is 5.28 Å². The van der Waals surface area contributed by atoms with Crippen molar-refractivity contribution >= 4 is 39.0 Å². The summed E-state index contributed by atoms with van der Waals surface area (Å²) in [5.74, 6) is 1.30. The van der Waals surface area contributed by atoms with Crippen LogP contribution < -0.4 is 15.2 Å². The van der Waals surface area contributed by atoms with E-state index in [2.05, 4.69) is 25.1 Å². The number of nitrogens with zero attached hydrogens (tertiary/aromatic N) is 5. The first-order valence-electron chi connectivity index (χ1n) is 9.59. The van der Waals surface area contributed by atoms with E-state index in [1.165, 1.54) is 37.3 Å². The molecule has 0 unspecified atom stereocenters. The monoisotopic (exact) mass is 434 g/mol. The molecule has 1 aliphatic heterocycles. The summed E-state index contributed by atoms with van der Waals surface area (Å²) < 4.78 is 11.6. The Hall–Kier alpha value is -2.23. The number of nitrogens with two attached hydrogens (primary N) is 1. The highest BCUT2D eigenvalue weighted by Crippen LogP contribution is 2.34. The number of hydrogen-bond donors (Lipinski definition) is 1. The Morgan fingerprint density at radius 3 is 2.72 bits per heavy atom. The van der Waals surface area contributed by atoms with Gasteiger partial charge in [0.05, 0.1) is 24.9 Å². The topological polar surface area (TPSA) is 99.3 Å². The molecule has 3 heterocycles. The van der Waals surface area contributed by atoms with Crippen LogP contribution in [0.3, 0.4) is 0 Å². The van der Waals surface area contributed by atoms with Gasteiger partial charge < -0.3 is 20.1 Å². The number of benzene rings is 1. The van der Waals surface area contributed by atoms with Crippen LogP contribution in [0.1, 0.15) is 30.0 Å². The van der Waals surface area contributed by atoms with Crippen molar-refractivity contribution in [3.63, 3.8) is 0 Å². The van der Waals surface area contributed by atoms with Gasteiger partial charge in [0.2, 0.25) is 10.4 Å². The lowest BCUT2D eigenvalue weighted by Crippen LogP contribution is -2.21. The van der Waals surface area contributed by atoms with Crippen LogP contribution in [0.2, 0.25) is 5.28 Å². The number of anilines is 1. The van der Waals surface area contributed by atoms with Crippen LogP contribution in [-0.4, -0.2) is 58.4 Å². The van der Waals surface area contributed by atoms with Crippen LogP contribution >= 0.6 is 22.9 Å². The summed E-state index contributed by atoms with van der Waals surface area (Å²) in [5.41, 5.74) is 7.13. The van der Waals surface area contributed by atoms with Crippen molar-refractivity contribution in [2.45, 2.75) is 25.7 Å². The molecule has 2 N–H and O–H groups in total. The molecule has 29 heavy (non-hydrogen) atoms. The number of fused-ring (bicyclic) bond motifs is 1. The number of rotatable bonds is 8. The fourth-order valence-corrected chi connectivity index (χ4v) is 4.34. The summed E-state index contributed by atoms with van der Waals surface area (Å²) in [6.45, 7) is 4.06. The fraction of sp³-hybridized carbons (Fsp3) is 0.474. The van der Waals surface area contributed by atoms with Crippen molar-refractivity contribution in [3.05, 3.63) is 28.1 Å². The molecular weight excluding hydrogens is 412 g/mol. The summed E-state index contributed by atoms with van der Waals surface area (Å²) in [7, 11) is 1.63. The Kier molecular flexibility index (Phi) is 6.27. The second-order valence-electron chi connectivity index (χ2n) is 6.92. The summed E-state index contributed by atoms with van der Waals surface area (Å²) in [6.07, 6.45) is 4.03. The zero-order valence-electron chi connectivity index (χ0n) is 16.2. The Morgan fingerprint density at radius 2 is 2.00 bits per heavy atom. The van der Waals surface area contributed by atoms with Crippen LogP contribution in [0.4, 0.5) is 5.13 Å². The van der Waals surface area contributed by atoms with E-state index >= 15 is 0 Å². The summed E-state index contributed by atoms with van der Waals surface area (Å²) in [6, 6.07) is 3.75. The minimum Gasteiger partial charge on any atom is -0.493 e. The van der Waals surface area contributed by atoms with Gasteiger partial charge in [-0.15, -0.1) is 10.2 Å². The number of methoxy groups -OCH3 is 1.